The average Bonchev–Trinajstić information content (AvgIpc) is 2.30. The number of nitrogens with two attached hydrogens (primary N) is 1. The Labute approximate surface area is 119 Å². The van der Waals surface area contributed by atoms with Gasteiger partial charge in [0.25, 0.3) is 0 Å². The molecule has 0 saturated carbocycles. The van der Waals surface area contributed by atoms with E-state index in [2.05, 4.69) is 6.07 Å². The Kier molecular flexibility index (Phi) is 4.40. The third kappa shape index (κ3) is 3.81. The Morgan fingerprint density at radius 1 is 1.10 bits per heavy atom. The standard InChI is InChI=1S/C17H20FNO/c1-11-6-12(2)8-16(7-11)20-17-5-4-15(18)10-14(17)9-13(3)19/h4-8,10,13H,9,19H2,1-3H3. The fraction of sp³-hybridized carbons (Fsp3) is 0.294. The zero-order valence-electron chi connectivity index (χ0n) is 12.1. The highest BCUT2D eigenvalue weighted by Crippen LogP contribution is 2.28. The first kappa shape index (κ1) is 14.5. The summed E-state index contributed by atoms with van der Waals surface area (Å²) in [5.41, 5.74) is 8.87. The Morgan fingerprint density at radius 3 is 2.35 bits per heavy atom. The molecule has 3 heteroatoms. The molecule has 20 heavy (non-hydrogen) atoms. The van der Waals surface area contributed by atoms with Crippen LogP contribution in [0.1, 0.15) is 23.6 Å². The summed E-state index contributed by atoms with van der Waals surface area (Å²) >= 11 is 0. The first-order valence-electron chi connectivity index (χ1n) is 6.74. The van der Waals surface area contributed by atoms with Crippen molar-refractivity contribution in [3.63, 3.8) is 0 Å². The molecular formula is C17H20FNO. The predicted octanol–water partition coefficient (Wildman–Crippen LogP) is 4.12. The normalized spacial score (nSPS) is 12.2. The Bertz CT molecular complexity index is 588. The lowest BCUT2D eigenvalue weighted by atomic mass is 10.1. The molecule has 0 bridgehead atoms. The van der Waals surface area contributed by atoms with Crippen LogP contribution < -0.4 is 10.5 Å². The minimum atomic E-state index is -0.270. The highest BCUT2D eigenvalue weighted by Gasteiger charge is 2.09. The van der Waals surface area contributed by atoms with E-state index in [1.165, 1.54) is 12.1 Å². The first-order chi connectivity index (χ1) is 9.44. The molecule has 0 amide bonds. The molecule has 0 aliphatic heterocycles. The number of hydrogen-bond donors (Lipinski definition) is 1. The second-order valence-electron chi connectivity index (χ2n) is 5.36. The van der Waals surface area contributed by atoms with Crippen molar-refractivity contribution in [1.29, 1.82) is 0 Å². The lowest BCUT2D eigenvalue weighted by Gasteiger charge is -2.14. The number of hydrogen-bond acceptors (Lipinski definition) is 2. The summed E-state index contributed by atoms with van der Waals surface area (Å²) in [6.45, 7) is 5.94. The smallest absolute Gasteiger partial charge is 0.130 e. The summed E-state index contributed by atoms with van der Waals surface area (Å²) < 4.78 is 19.3. The molecule has 2 aromatic carbocycles. The van der Waals surface area contributed by atoms with Gasteiger partial charge in [-0.3, -0.25) is 0 Å². The van der Waals surface area contributed by atoms with Crippen molar-refractivity contribution in [2.24, 2.45) is 5.73 Å². The summed E-state index contributed by atoms with van der Waals surface area (Å²) in [5, 5.41) is 0. The van der Waals surface area contributed by atoms with Gasteiger partial charge in [0, 0.05) is 6.04 Å². The largest absolute Gasteiger partial charge is 0.457 e. The Morgan fingerprint density at radius 2 is 1.75 bits per heavy atom. The maximum atomic E-state index is 13.4. The summed E-state index contributed by atoms with van der Waals surface area (Å²) in [7, 11) is 0. The highest BCUT2D eigenvalue weighted by molar-refractivity contribution is 5.41. The van der Waals surface area contributed by atoms with Crippen molar-refractivity contribution in [3.8, 4) is 11.5 Å². The molecule has 2 rings (SSSR count). The van der Waals surface area contributed by atoms with Crippen LogP contribution in [0.5, 0.6) is 11.5 Å². The molecule has 2 N–H and O–H groups in total. The second-order valence-corrected chi connectivity index (χ2v) is 5.36. The van der Waals surface area contributed by atoms with Gasteiger partial charge in [-0.25, -0.2) is 4.39 Å². The number of benzene rings is 2. The molecule has 0 heterocycles. The van der Waals surface area contributed by atoms with E-state index < -0.39 is 0 Å². The van der Waals surface area contributed by atoms with Crippen LogP contribution in [0.2, 0.25) is 0 Å². The molecule has 0 fully saturated rings. The molecule has 2 nitrogen and oxygen atoms in total. The highest BCUT2D eigenvalue weighted by atomic mass is 19.1. The first-order valence-corrected chi connectivity index (χ1v) is 6.74. The molecule has 1 unspecified atom stereocenters. The minimum absolute atomic E-state index is 0.0432. The van der Waals surface area contributed by atoms with Crippen molar-refractivity contribution >= 4 is 0 Å². The van der Waals surface area contributed by atoms with E-state index in [0.717, 1.165) is 22.4 Å². The quantitative estimate of drug-likeness (QED) is 0.909. The second kappa shape index (κ2) is 6.06. The average molecular weight is 273 g/mol. The molecule has 0 aliphatic carbocycles. The zero-order valence-corrected chi connectivity index (χ0v) is 12.1. The zero-order chi connectivity index (χ0) is 14.7. The number of aryl methyl sites for hydroxylation is 2. The van der Waals surface area contributed by atoms with Gasteiger partial charge < -0.3 is 10.5 Å². The van der Waals surface area contributed by atoms with Gasteiger partial charge in [-0.1, -0.05) is 6.07 Å². The van der Waals surface area contributed by atoms with Crippen LogP contribution in [-0.4, -0.2) is 6.04 Å². The van der Waals surface area contributed by atoms with E-state index in [0.29, 0.717) is 12.2 Å². The number of rotatable bonds is 4. The summed E-state index contributed by atoms with van der Waals surface area (Å²) in [4.78, 5) is 0. The molecular weight excluding hydrogens is 253 g/mol. The summed E-state index contributed by atoms with van der Waals surface area (Å²) in [6.07, 6.45) is 0.581. The fourth-order valence-corrected chi connectivity index (χ4v) is 2.27. The topological polar surface area (TPSA) is 35.2 Å². The fourth-order valence-electron chi connectivity index (χ4n) is 2.27. The van der Waals surface area contributed by atoms with Crippen molar-refractivity contribution < 1.29 is 9.13 Å². The van der Waals surface area contributed by atoms with Crippen molar-refractivity contribution in [3.05, 3.63) is 58.9 Å². The van der Waals surface area contributed by atoms with Gasteiger partial charge in [0.15, 0.2) is 0 Å². The van der Waals surface area contributed by atoms with Crippen LogP contribution in [0.3, 0.4) is 0 Å². The van der Waals surface area contributed by atoms with Gasteiger partial charge in [0.1, 0.15) is 17.3 Å². The van der Waals surface area contributed by atoms with Crippen LogP contribution >= 0.6 is 0 Å². The van der Waals surface area contributed by atoms with Crippen molar-refractivity contribution in [2.75, 3.05) is 0 Å². The van der Waals surface area contributed by atoms with Crippen molar-refractivity contribution in [2.45, 2.75) is 33.2 Å². The van der Waals surface area contributed by atoms with E-state index in [4.69, 9.17) is 10.5 Å². The lowest BCUT2D eigenvalue weighted by molar-refractivity contribution is 0.470. The maximum Gasteiger partial charge on any atom is 0.130 e. The van der Waals surface area contributed by atoms with Crippen LogP contribution in [-0.2, 0) is 6.42 Å². The Hall–Kier alpha value is -1.87. The Balaban J connectivity index is 2.32. The van der Waals surface area contributed by atoms with Crippen molar-refractivity contribution in [1.82, 2.24) is 0 Å². The molecule has 0 aliphatic rings. The molecule has 0 spiro atoms. The maximum absolute atomic E-state index is 13.4. The molecule has 106 valence electrons. The van der Waals surface area contributed by atoms with Gasteiger partial charge in [-0.15, -0.1) is 0 Å². The predicted molar refractivity (Wildman–Crippen MR) is 79.7 cm³/mol. The van der Waals surface area contributed by atoms with Gasteiger partial charge in [0.05, 0.1) is 0 Å². The van der Waals surface area contributed by atoms with Gasteiger partial charge in [0.2, 0.25) is 0 Å². The summed E-state index contributed by atoms with van der Waals surface area (Å²) in [6, 6.07) is 10.5. The third-order valence-electron chi connectivity index (χ3n) is 2.99. The molecule has 0 aromatic heterocycles. The number of ether oxygens (including phenoxy) is 1. The molecule has 2 aromatic rings. The van der Waals surface area contributed by atoms with E-state index in [9.17, 15) is 4.39 Å². The molecule has 0 radical (unpaired) electrons. The molecule has 1 atom stereocenters. The molecule has 0 saturated heterocycles. The van der Waals surface area contributed by atoms with E-state index in [1.54, 1.807) is 6.07 Å². The van der Waals surface area contributed by atoms with Crippen LogP contribution in [0.25, 0.3) is 0 Å². The summed E-state index contributed by atoms with van der Waals surface area (Å²) in [5.74, 6) is 1.15. The van der Waals surface area contributed by atoms with E-state index in [-0.39, 0.29) is 11.9 Å². The van der Waals surface area contributed by atoms with Gasteiger partial charge >= 0.3 is 0 Å². The van der Waals surface area contributed by atoms with E-state index >= 15 is 0 Å². The monoisotopic (exact) mass is 273 g/mol. The number of halogens is 1. The van der Waals surface area contributed by atoms with Crippen LogP contribution in [0, 0.1) is 19.7 Å². The van der Waals surface area contributed by atoms with E-state index in [1.807, 2.05) is 32.9 Å². The third-order valence-corrected chi connectivity index (χ3v) is 2.99. The van der Waals surface area contributed by atoms with Crippen LogP contribution in [0.4, 0.5) is 4.39 Å². The van der Waals surface area contributed by atoms with Gasteiger partial charge in [-0.05, 0) is 74.2 Å². The lowest BCUT2D eigenvalue weighted by Crippen LogP contribution is -2.18. The minimum Gasteiger partial charge on any atom is -0.457 e. The van der Waals surface area contributed by atoms with Gasteiger partial charge in [-0.2, -0.15) is 0 Å². The van der Waals surface area contributed by atoms with Crippen LogP contribution in [0.15, 0.2) is 36.4 Å². The SMILES string of the molecule is Cc1cc(C)cc(Oc2ccc(F)cc2CC(C)N)c1.